The SMILES string of the molecule is COc1cccc2c1CC1(CCN(c3nc(C)c(-c4ccnc(C)c4Cl)n4nccc34)CC1)[C@@H]2N. The van der Waals surface area contributed by atoms with E-state index in [1.807, 2.05) is 48.8 Å². The number of ether oxygens (including phenoxy) is 1. The summed E-state index contributed by atoms with van der Waals surface area (Å²) in [7, 11) is 1.74. The number of pyridine rings is 1. The van der Waals surface area contributed by atoms with E-state index in [0.29, 0.717) is 5.02 Å². The Hall–Kier alpha value is -3.16. The highest BCUT2D eigenvalue weighted by Gasteiger charge is 2.47. The van der Waals surface area contributed by atoms with Crippen LogP contribution in [0.25, 0.3) is 16.8 Å². The number of hydrogen-bond donors (Lipinski definition) is 1. The number of piperidine rings is 1. The number of hydrogen-bond acceptors (Lipinski definition) is 6. The first kappa shape index (κ1) is 22.3. The predicted molar refractivity (Wildman–Crippen MR) is 138 cm³/mol. The van der Waals surface area contributed by atoms with Crippen LogP contribution in [-0.4, -0.2) is 39.8 Å². The Bertz CT molecular complexity index is 1440. The normalized spacial score (nSPS) is 18.9. The van der Waals surface area contributed by atoms with Gasteiger partial charge in [0.1, 0.15) is 11.3 Å². The van der Waals surface area contributed by atoms with Gasteiger partial charge < -0.3 is 15.4 Å². The number of anilines is 1. The van der Waals surface area contributed by atoms with Gasteiger partial charge in [-0.2, -0.15) is 5.10 Å². The van der Waals surface area contributed by atoms with Crippen molar-refractivity contribution in [2.75, 3.05) is 25.1 Å². The van der Waals surface area contributed by atoms with E-state index < -0.39 is 0 Å². The summed E-state index contributed by atoms with van der Waals surface area (Å²) in [5.41, 5.74) is 13.9. The predicted octanol–water partition coefficient (Wildman–Crippen LogP) is 4.91. The molecular formula is C27H29ClN6O. The van der Waals surface area contributed by atoms with Gasteiger partial charge >= 0.3 is 0 Å². The van der Waals surface area contributed by atoms with Crippen molar-refractivity contribution in [3.8, 4) is 17.0 Å². The molecule has 4 heterocycles. The van der Waals surface area contributed by atoms with E-state index in [-0.39, 0.29) is 11.5 Å². The first-order valence-electron chi connectivity index (χ1n) is 12.1. The van der Waals surface area contributed by atoms with Gasteiger partial charge in [-0.1, -0.05) is 23.7 Å². The summed E-state index contributed by atoms with van der Waals surface area (Å²) in [5.74, 6) is 1.92. The standard InChI is InChI=1S/C27H29ClN6O/c1-16-23(28)19(7-11-30-16)24-17(2)32-26(21-8-12-31-34(21)24)33-13-9-27(10-14-33)15-20-18(25(27)29)5-4-6-22(20)35-3/h4-8,11-12,25H,9-10,13-15,29H2,1-3H3/t25-/m1/s1. The van der Waals surface area contributed by atoms with Crippen molar-refractivity contribution in [2.45, 2.75) is 39.2 Å². The van der Waals surface area contributed by atoms with Crippen molar-refractivity contribution in [3.05, 3.63) is 70.3 Å². The molecule has 1 saturated heterocycles. The lowest BCUT2D eigenvalue weighted by Gasteiger charge is -2.42. The average Bonchev–Trinajstić information content (AvgIpc) is 3.45. The average molecular weight is 489 g/mol. The Morgan fingerprint density at radius 1 is 1.09 bits per heavy atom. The summed E-state index contributed by atoms with van der Waals surface area (Å²) >= 11 is 6.64. The summed E-state index contributed by atoms with van der Waals surface area (Å²) < 4.78 is 7.61. The monoisotopic (exact) mass is 488 g/mol. The van der Waals surface area contributed by atoms with E-state index in [1.54, 1.807) is 13.3 Å². The third-order valence-corrected chi connectivity index (χ3v) is 8.47. The molecule has 0 bridgehead atoms. The largest absolute Gasteiger partial charge is 0.496 e. The van der Waals surface area contributed by atoms with Gasteiger partial charge in [0.2, 0.25) is 0 Å². The van der Waals surface area contributed by atoms with Crippen LogP contribution in [-0.2, 0) is 6.42 Å². The summed E-state index contributed by atoms with van der Waals surface area (Å²) in [6, 6.07) is 10.2. The van der Waals surface area contributed by atoms with Crippen LogP contribution in [0.4, 0.5) is 5.82 Å². The number of methoxy groups -OCH3 is 1. The molecule has 1 spiro atoms. The maximum atomic E-state index is 6.85. The Kier molecular flexibility index (Phi) is 5.23. The molecule has 7 nitrogen and oxygen atoms in total. The van der Waals surface area contributed by atoms with Gasteiger partial charge in [-0.25, -0.2) is 9.50 Å². The van der Waals surface area contributed by atoms with Crippen LogP contribution in [0.3, 0.4) is 0 Å². The van der Waals surface area contributed by atoms with Crippen LogP contribution in [0, 0.1) is 19.3 Å². The molecule has 0 unspecified atom stereocenters. The summed E-state index contributed by atoms with van der Waals surface area (Å²) in [6.45, 7) is 5.72. The van der Waals surface area contributed by atoms with Gasteiger partial charge in [-0.3, -0.25) is 4.98 Å². The summed E-state index contributed by atoms with van der Waals surface area (Å²) in [4.78, 5) is 11.8. The molecule has 1 fully saturated rings. The minimum absolute atomic E-state index is 0.0267. The molecule has 6 rings (SSSR count). The molecule has 1 atom stereocenters. The summed E-state index contributed by atoms with van der Waals surface area (Å²) in [5, 5.41) is 5.28. The number of nitrogens with zero attached hydrogens (tertiary/aromatic N) is 5. The third kappa shape index (κ3) is 3.32. The molecule has 3 aromatic heterocycles. The van der Waals surface area contributed by atoms with Crippen LogP contribution < -0.4 is 15.4 Å². The van der Waals surface area contributed by atoms with Crippen molar-refractivity contribution in [1.29, 1.82) is 0 Å². The molecule has 35 heavy (non-hydrogen) atoms. The minimum atomic E-state index is 0.0267. The minimum Gasteiger partial charge on any atom is -0.496 e. The molecule has 180 valence electrons. The summed E-state index contributed by atoms with van der Waals surface area (Å²) in [6.07, 6.45) is 6.58. The first-order valence-corrected chi connectivity index (χ1v) is 12.4. The number of benzene rings is 1. The second kappa shape index (κ2) is 8.21. The Labute approximate surface area is 209 Å². The lowest BCUT2D eigenvalue weighted by atomic mass is 9.73. The number of nitrogens with two attached hydrogens (primary N) is 1. The van der Waals surface area contributed by atoms with Gasteiger partial charge in [-0.15, -0.1) is 0 Å². The number of aryl methyl sites for hydroxylation is 2. The molecule has 1 aromatic carbocycles. The zero-order valence-corrected chi connectivity index (χ0v) is 21.0. The lowest BCUT2D eigenvalue weighted by Crippen LogP contribution is -2.44. The van der Waals surface area contributed by atoms with Crippen molar-refractivity contribution < 1.29 is 4.74 Å². The van der Waals surface area contributed by atoms with Crippen LogP contribution in [0.15, 0.2) is 42.7 Å². The smallest absolute Gasteiger partial charge is 0.155 e. The Balaban J connectivity index is 1.33. The van der Waals surface area contributed by atoms with Crippen LogP contribution in [0.2, 0.25) is 5.02 Å². The number of rotatable bonds is 3. The fourth-order valence-electron chi connectivity index (χ4n) is 6.04. The zero-order valence-electron chi connectivity index (χ0n) is 20.3. The van der Waals surface area contributed by atoms with E-state index in [0.717, 1.165) is 72.1 Å². The number of aromatic nitrogens is 4. The Morgan fingerprint density at radius 3 is 2.66 bits per heavy atom. The highest BCUT2D eigenvalue weighted by atomic mass is 35.5. The molecule has 0 saturated carbocycles. The zero-order chi connectivity index (χ0) is 24.3. The van der Waals surface area contributed by atoms with E-state index in [4.69, 9.17) is 27.1 Å². The number of fused-ring (bicyclic) bond motifs is 2. The van der Waals surface area contributed by atoms with Gasteiger partial charge in [-0.05, 0) is 67.9 Å². The molecule has 1 aliphatic carbocycles. The molecule has 2 N–H and O–H groups in total. The van der Waals surface area contributed by atoms with Crippen molar-refractivity contribution in [1.82, 2.24) is 19.6 Å². The van der Waals surface area contributed by atoms with Gasteiger partial charge in [0.05, 0.1) is 35.4 Å². The van der Waals surface area contributed by atoms with Gasteiger partial charge in [0.15, 0.2) is 5.82 Å². The molecule has 8 heteroatoms. The topological polar surface area (TPSA) is 81.6 Å². The van der Waals surface area contributed by atoms with Gasteiger partial charge in [0, 0.05) is 30.9 Å². The van der Waals surface area contributed by atoms with E-state index in [2.05, 4.69) is 21.0 Å². The van der Waals surface area contributed by atoms with Crippen LogP contribution >= 0.6 is 11.6 Å². The molecule has 1 aliphatic heterocycles. The van der Waals surface area contributed by atoms with Crippen LogP contribution in [0.5, 0.6) is 5.75 Å². The van der Waals surface area contributed by atoms with Crippen molar-refractivity contribution in [3.63, 3.8) is 0 Å². The van der Waals surface area contributed by atoms with Gasteiger partial charge in [0.25, 0.3) is 0 Å². The maximum absolute atomic E-state index is 6.85. The molecule has 0 amide bonds. The van der Waals surface area contributed by atoms with E-state index in [1.165, 1.54) is 11.1 Å². The second-order valence-corrected chi connectivity index (χ2v) is 10.2. The van der Waals surface area contributed by atoms with Crippen molar-refractivity contribution in [2.24, 2.45) is 11.1 Å². The van der Waals surface area contributed by atoms with E-state index >= 15 is 0 Å². The molecule has 2 aliphatic rings. The highest BCUT2D eigenvalue weighted by Crippen LogP contribution is 2.53. The maximum Gasteiger partial charge on any atom is 0.155 e. The quantitative estimate of drug-likeness (QED) is 0.441. The Morgan fingerprint density at radius 2 is 1.89 bits per heavy atom. The van der Waals surface area contributed by atoms with Crippen LogP contribution in [0.1, 0.15) is 41.4 Å². The fourth-order valence-corrected chi connectivity index (χ4v) is 6.25. The highest BCUT2D eigenvalue weighted by molar-refractivity contribution is 6.33. The van der Waals surface area contributed by atoms with E-state index in [9.17, 15) is 0 Å². The third-order valence-electron chi connectivity index (χ3n) is 7.99. The fraction of sp³-hybridized carbons (Fsp3) is 0.370. The number of halogens is 1. The van der Waals surface area contributed by atoms with Crippen molar-refractivity contribution >= 4 is 22.9 Å². The first-order chi connectivity index (χ1) is 16.9. The second-order valence-electron chi connectivity index (χ2n) is 9.79. The molecule has 0 radical (unpaired) electrons. The molecular weight excluding hydrogens is 460 g/mol. The lowest BCUT2D eigenvalue weighted by molar-refractivity contribution is 0.186. The molecule has 4 aromatic rings.